The van der Waals surface area contributed by atoms with E-state index in [2.05, 4.69) is 13.8 Å². The molecule has 1 unspecified atom stereocenters. The summed E-state index contributed by atoms with van der Waals surface area (Å²) in [6.07, 6.45) is 4.91. The molecule has 0 aliphatic rings. The van der Waals surface area contributed by atoms with E-state index >= 15 is 0 Å². The first-order valence-electron chi connectivity index (χ1n) is 6.17. The minimum atomic E-state index is -3.81. The number of phosphoric acid groups is 1. The van der Waals surface area contributed by atoms with E-state index in [-0.39, 0.29) is 6.61 Å². The van der Waals surface area contributed by atoms with E-state index < -0.39 is 7.82 Å². The standard InChI is InChI=1S/C11H25O4P/c1-4-7-11(8-5-2)10-15-16(12,13)14-9-6-3/h11H,4-10H2,1-3H3,(H,12,13). The third-order valence-corrected chi connectivity index (χ3v) is 3.31. The molecule has 1 N–H and O–H groups in total. The molecule has 0 aromatic carbocycles. The molecule has 0 radical (unpaired) electrons. The van der Waals surface area contributed by atoms with Gasteiger partial charge >= 0.3 is 7.82 Å². The molecule has 0 rings (SSSR count). The molecule has 0 saturated carbocycles. The van der Waals surface area contributed by atoms with Crippen LogP contribution in [0.15, 0.2) is 0 Å². The van der Waals surface area contributed by atoms with Gasteiger partial charge in [-0.25, -0.2) is 4.57 Å². The van der Waals surface area contributed by atoms with Gasteiger partial charge in [0.25, 0.3) is 0 Å². The monoisotopic (exact) mass is 252 g/mol. The van der Waals surface area contributed by atoms with Crippen molar-refractivity contribution in [3.8, 4) is 0 Å². The highest BCUT2D eigenvalue weighted by Gasteiger charge is 2.22. The summed E-state index contributed by atoms with van der Waals surface area (Å²) < 4.78 is 21.2. The van der Waals surface area contributed by atoms with Crippen molar-refractivity contribution in [3.05, 3.63) is 0 Å². The van der Waals surface area contributed by atoms with Gasteiger partial charge in [-0.1, -0.05) is 33.6 Å². The summed E-state index contributed by atoms with van der Waals surface area (Å²) in [5.74, 6) is 0.362. The van der Waals surface area contributed by atoms with E-state index in [0.717, 1.165) is 25.7 Å². The average Bonchev–Trinajstić information content (AvgIpc) is 2.24. The molecule has 98 valence electrons. The first-order valence-corrected chi connectivity index (χ1v) is 7.67. The third-order valence-electron chi connectivity index (χ3n) is 2.33. The highest BCUT2D eigenvalue weighted by molar-refractivity contribution is 7.47. The van der Waals surface area contributed by atoms with Crippen LogP contribution in [0.2, 0.25) is 0 Å². The van der Waals surface area contributed by atoms with Crippen LogP contribution >= 0.6 is 7.82 Å². The number of phosphoric ester groups is 1. The normalized spacial score (nSPS) is 15.3. The molecule has 0 heterocycles. The van der Waals surface area contributed by atoms with Crippen LogP contribution in [-0.4, -0.2) is 18.1 Å². The smallest absolute Gasteiger partial charge is 0.302 e. The lowest BCUT2D eigenvalue weighted by Gasteiger charge is -2.17. The topological polar surface area (TPSA) is 55.8 Å². The van der Waals surface area contributed by atoms with Crippen LogP contribution in [0.5, 0.6) is 0 Å². The van der Waals surface area contributed by atoms with Gasteiger partial charge in [-0.05, 0) is 25.2 Å². The van der Waals surface area contributed by atoms with E-state index in [0.29, 0.717) is 18.9 Å². The molecular formula is C11H25O4P. The fraction of sp³-hybridized carbons (Fsp3) is 1.00. The predicted molar refractivity (Wildman–Crippen MR) is 65.3 cm³/mol. The van der Waals surface area contributed by atoms with Crippen LogP contribution in [0.25, 0.3) is 0 Å². The Morgan fingerprint density at radius 3 is 2.06 bits per heavy atom. The van der Waals surface area contributed by atoms with E-state index in [1.54, 1.807) is 0 Å². The molecule has 0 aliphatic carbocycles. The molecule has 16 heavy (non-hydrogen) atoms. The summed E-state index contributed by atoms with van der Waals surface area (Å²) in [6.45, 7) is 6.68. The second-order valence-corrected chi connectivity index (χ2v) is 5.49. The lowest BCUT2D eigenvalue weighted by Crippen LogP contribution is -2.09. The fourth-order valence-electron chi connectivity index (χ4n) is 1.57. The molecule has 0 aliphatic heterocycles. The fourth-order valence-corrected chi connectivity index (χ4v) is 2.46. The average molecular weight is 252 g/mol. The van der Waals surface area contributed by atoms with E-state index in [1.165, 1.54) is 0 Å². The molecular weight excluding hydrogens is 227 g/mol. The van der Waals surface area contributed by atoms with Gasteiger partial charge in [0.15, 0.2) is 0 Å². The van der Waals surface area contributed by atoms with Crippen LogP contribution in [0.3, 0.4) is 0 Å². The van der Waals surface area contributed by atoms with Crippen LogP contribution in [0.4, 0.5) is 0 Å². The number of hydrogen-bond acceptors (Lipinski definition) is 3. The van der Waals surface area contributed by atoms with E-state index in [9.17, 15) is 9.46 Å². The van der Waals surface area contributed by atoms with Crippen molar-refractivity contribution in [3.63, 3.8) is 0 Å². The number of rotatable bonds is 10. The summed E-state index contributed by atoms with van der Waals surface area (Å²) in [7, 11) is -3.81. The van der Waals surface area contributed by atoms with Crippen LogP contribution in [0, 0.1) is 5.92 Å². The van der Waals surface area contributed by atoms with Crippen LogP contribution in [-0.2, 0) is 13.6 Å². The summed E-state index contributed by atoms with van der Waals surface area (Å²) in [6, 6.07) is 0. The van der Waals surface area contributed by atoms with Gasteiger partial charge < -0.3 is 4.89 Å². The maximum Gasteiger partial charge on any atom is 0.472 e. The minimum absolute atomic E-state index is 0.264. The van der Waals surface area contributed by atoms with Gasteiger partial charge in [-0.2, -0.15) is 0 Å². The van der Waals surface area contributed by atoms with Crippen molar-refractivity contribution in [2.45, 2.75) is 52.9 Å². The maximum atomic E-state index is 11.4. The second-order valence-electron chi connectivity index (χ2n) is 4.04. The van der Waals surface area contributed by atoms with Gasteiger partial charge in [0.2, 0.25) is 0 Å². The zero-order valence-electron chi connectivity index (χ0n) is 10.6. The Balaban J connectivity index is 3.92. The molecule has 0 spiro atoms. The lowest BCUT2D eigenvalue weighted by atomic mass is 10.00. The Bertz CT molecular complexity index is 202. The molecule has 0 aromatic rings. The van der Waals surface area contributed by atoms with Gasteiger partial charge in [-0.3, -0.25) is 9.05 Å². The first-order chi connectivity index (χ1) is 7.55. The van der Waals surface area contributed by atoms with E-state index in [4.69, 9.17) is 9.05 Å². The minimum Gasteiger partial charge on any atom is -0.302 e. The molecule has 0 aromatic heterocycles. The number of hydrogen-bond donors (Lipinski definition) is 1. The Morgan fingerprint density at radius 1 is 1.06 bits per heavy atom. The molecule has 0 bridgehead atoms. The van der Waals surface area contributed by atoms with Crippen molar-refractivity contribution >= 4 is 7.82 Å². The zero-order valence-corrected chi connectivity index (χ0v) is 11.5. The summed E-state index contributed by atoms with van der Waals surface area (Å²) in [5.41, 5.74) is 0. The summed E-state index contributed by atoms with van der Waals surface area (Å²) in [5, 5.41) is 0. The van der Waals surface area contributed by atoms with Crippen LogP contribution in [0.1, 0.15) is 52.9 Å². The highest BCUT2D eigenvalue weighted by Crippen LogP contribution is 2.44. The SMILES string of the molecule is CCCOP(=O)(O)OCC(CCC)CCC. The molecule has 0 saturated heterocycles. The molecule has 4 nitrogen and oxygen atoms in total. The van der Waals surface area contributed by atoms with Crippen LogP contribution < -0.4 is 0 Å². The lowest BCUT2D eigenvalue weighted by molar-refractivity contribution is 0.126. The highest BCUT2D eigenvalue weighted by atomic mass is 31.2. The van der Waals surface area contributed by atoms with Gasteiger partial charge in [-0.15, -0.1) is 0 Å². The third kappa shape index (κ3) is 8.28. The predicted octanol–water partition coefficient (Wildman–Crippen LogP) is 3.75. The second kappa shape index (κ2) is 9.17. The van der Waals surface area contributed by atoms with Crippen molar-refractivity contribution < 1.29 is 18.5 Å². The Hall–Kier alpha value is 0.110. The molecule has 5 heteroatoms. The molecule has 1 atom stereocenters. The van der Waals surface area contributed by atoms with E-state index in [1.807, 2.05) is 6.92 Å². The van der Waals surface area contributed by atoms with Crippen molar-refractivity contribution in [1.82, 2.24) is 0 Å². The Kier molecular flexibility index (Phi) is 9.24. The molecule has 0 amide bonds. The van der Waals surface area contributed by atoms with Gasteiger partial charge in [0.1, 0.15) is 0 Å². The quantitative estimate of drug-likeness (QED) is 0.602. The van der Waals surface area contributed by atoms with Crippen molar-refractivity contribution in [1.29, 1.82) is 0 Å². The summed E-state index contributed by atoms with van der Waals surface area (Å²) >= 11 is 0. The maximum absolute atomic E-state index is 11.4. The van der Waals surface area contributed by atoms with Crippen molar-refractivity contribution in [2.75, 3.05) is 13.2 Å². The van der Waals surface area contributed by atoms with Gasteiger partial charge in [0.05, 0.1) is 13.2 Å². The van der Waals surface area contributed by atoms with Gasteiger partial charge in [0, 0.05) is 0 Å². The Morgan fingerprint density at radius 2 is 1.62 bits per heavy atom. The zero-order chi connectivity index (χ0) is 12.4. The summed E-state index contributed by atoms with van der Waals surface area (Å²) in [4.78, 5) is 9.34. The Labute approximate surface area is 99.0 Å². The molecule has 0 fully saturated rings. The van der Waals surface area contributed by atoms with Crippen molar-refractivity contribution in [2.24, 2.45) is 5.92 Å². The first kappa shape index (κ1) is 16.1. The largest absolute Gasteiger partial charge is 0.472 e.